The van der Waals surface area contributed by atoms with Crippen molar-refractivity contribution in [2.75, 3.05) is 0 Å². The first kappa shape index (κ1) is 21.8. The van der Waals surface area contributed by atoms with Gasteiger partial charge < -0.3 is 0 Å². The number of hydrogen-bond acceptors (Lipinski definition) is 2. The Morgan fingerprint density at radius 2 is 0.825 bits per heavy atom. The van der Waals surface area contributed by atoms with Gasteiger partial charge in [-0.3, -0.25) is 0 Å². The quantitative estimate of drug-likeness (QED) is 0.217. The second-order valence-electron chi connectivity index (χ2n) is 10.9. The van der Waals surface area contributed by atoms with Crippen molar-refractivity contribution in [1.29, 1.82) is 0 Å². The summed E-state index contributed by atoms with van der Waals surface area (Å²) in [6.45, 7) is 0. The van der Waals surface area contributed by atoms with Crippen LogP contribution in [0.3, 0.4) is 0 Å². The third kappa shape index (κ3) is 3.05. The largest absolute Gasteiger partial charge is 0.247 e. The summed E-state index contributed by atoms with van der Waals surface area (Å²) >= 11 is 0. The zero-order chi connectivity index (χ0) is 26.2. The molecule has 2 aliphatic rings. The number of aromatic nitrogens is 2. The molecule has 0 spiro atoms. The van der Waals surface area contributed by atoms with Crippen LogP contribution in [-0.2, 0) is 12.8 Å². The molecule has 5 aromatic carbocycles. The Bertz CT molecular complexity index is 1990. The summed E-state index contributed by atoms with van der Waals surface area (Å²) in [5.74, 6) is 0. The summed E-state index contributed by atoms with van der Waals surface area (Å²) in [5, 5.41) is 2.34. The first-order valence-electron chi connectivity index (χ1n) is 13.9. The highest BCUT2D eigenvalue weighted by atomic mass is 14.7. The Morgan fingerprint density at radius 3 is 1.27 bits per heavy atom. The number of nitrogens with zero attached hydrogens (tertiary/aromatic N) is 2. The van der Waals surface area contributed by atoms with Gasteiger partial charge in [-0.05, 0) is 56.6 Å². The van der Waals surface area contributed by atoms with Crippen LogP contribution >= 0.6 is 0 Å². The summed E-state index contributed by atoms with van der Waals surface area (Å²) in [6, 6.07) is 43.7. The highest BCUT2D eigenvalue weighted by Crippen LogP contribution is 2.47. The molecule has 0 bridgehead atoms. The van der Waals surface area contributed by atoms with E-state index >= 15 is 0 Å². The van der Waals surface area contributed by atoms with E-state index in [-0.39, 0.29) is 0 Å². The second-order valence-corrected chi connectivity index (χ2v) is 10.9. The molecule has 0 amide bonds. The number of rotatable bonds is 2. The molecule has 0 saturated carbocycles. The molecule has 2 aromatic heterocycles. The molecule has 186 valence electrons. The van der Waals surface area contributed by atoms with Crippen molar-refractivity contribution in [3.63, 3.8) is 0 Å². The van der Waals surface area contributed by atoms with Crippen molar-refractivity contribution in [2.24, 2.45) is 0 Å². The predicted octanol–water partition coefficient (Wildman–Crippen LogP) is 9.26. The third-order valence-corrected chi connectivity index (χ3v) is 8.70. The molecular weight excluding hydrogens is 484 g/mol. The van der Waals surface area contributed by atoms with Crippen LogP contribution in [0.4, 0.5) is 0 Å². The van der Waals surface area contributed by atoms with Crippen molar-refractivity contribution in [2.45, 2.75) is 12.8 Å². The number of hydrogen-bond donors (Lipinski definition) is 0. The molecule has 2 heterocycles. The van der Waals surface area contributed by atoms with Gasteiger partial charge in [-0.25, -0.2) is 9.97 Å². The van der Waals surface area contributed by atoms with E-state index in [0.29, 0.717) is 0 Å². The smallest absolute Gasteiger partial charge is 0.0754 e. The first-order valence-corrected chi connectivity index (χ1v) is 13.9. The van der Waals surface area contributed by atoms with Crippen LogP contribution in [-0.4, -0.2) is 9.97 Å². The van der Waals surface area contributed by atoms with Crippen molar-refractivity contribution in [3.05, 3.63) is 144 Å². The molecule has 9 rings (SSSR count). The van der Waals surface area contributed by atoms with E-state index in [1.165, 1.54) is 66.4 Å². The van der Waals surface area contributed by atoms with Gasteiger partial charge in [0.05, 0.1) is 22.4 Å². The fourth-order valence-electron chi connectivity index (χ4n) is 6.95. The van der Waals surface area contributed by atoms with E-state index in [9.17, 15) is 0 Å². The van der Waals surface area contributed by atoms with Gasteiger partial charge in [0.15, 0.2) is 0 Å². The number of benzene rings is 5. The van der Waals surface area contributed by atoms with Gasteiger partial charge in [0.25, 0.3) is 0 Å². The van der Waals surface area contributed by atoms with Gasteiger partial charge in [-0.15, -0.1) is 0 Å². The molecule has 0 unspecified atom stereocenters. The molecule has 2 aliphatic carbocycles. The molecule has 0 aliphatic heterocycles. The van der Waals surface area contributed by atoms with E-state index < -0.39 is 0 Å². The van der Waals surface area contributed by atoms with Crippen LogP contribution in [0.1, 0.15) is 22.3 Å². The molecule has 0 saturated heterocycles. The molecule has 0 atom stereocenters. The number of fused-ring (bicyclic) bond motifs is 8. The Balaban J connectivity index is 1.43. The molecule has 0 N–H and O–H groups in total. The Hall–Kier alpha value is -5.08. The normalized spacial score (nSPS) is 12.8. The summed E-state index contributed by atoms with van der Waals surface area (Å²) < 4.78 is 0. The fraction of sp³-hybridized carbons (Fsp3) is 0.0526. The van der Waals surface area contributed by atoms with Crippen LogP contribution in [0, 0.1) is 0 Å². The lowest BCUT2D eigenvalue weighted by molar-refractivity contribution is 1.25. The Morgan fingerprint density at radius 1 is 0.425 bits per heavy atom. The summed E-state index contributed by atoms with van der Waals surface area (Å²) in [6.07, 6.45) is 1.80. The maximum Gasteiger partial charge on any atom is 0.0754 e. The fourth-order valence-corrected chi connectivity index (χ4v) is 6.95. The minimum absolute atomic E-state index is 0.900. The lowest BCUT2D eigenvalue weighted by Crippen LogP contribution is -1.98. The molecule has 7 aromatic rings. The van der Waals surface area contributed by atoms with Gasteiger partial charge >= 0.3 is 0 Å². The van der Waals surface area contributed by atoms with Crippen LogP contribution < -0.4 is 0 Å². The summed E-state index contributed by atoms with van der Waals surface area (Å²) in [4.78, 5) is 10.7. The Labute approximate surface area is 232 Å². The maximum atomic E-state index is 5.37. The first-order chi connectivity index (χ1) is 19.8. The average molecular weight is 509 g/mol. The second kappa shape index (κ2) is 8.21. The SMILES string of the molecule is c1ccc(-c2c3c(nc4cc5c(-c6ccccc6)c6c(nc5cc24)-c2ccccc2C6)-c2ccccc2C3)cc1. The lowest BCUT2D eigenvalue weighted by Gasteiger charge is -2.17. The standard InChI is InChI=1S/C38H24N2/c1-3-11-23(12-4-1)35-29-21-34-30(22-33(29)39-37-27-17-9-7-15-25(27)19-31(35)37)36(24-13-5-2-6-14-24)32-20-26-16-8-10-18-28(26)38(32)40-34/h1-18,21-22H,19-20H2. The van der Waals surface area contributed by atoms with Crippen LogP contribution in [0.5, 0.6) is 0 Å². The lowest BCUT2D eigenvalue weighted by atomic mass is 9.90. The molecule has 2 heteroatoms. The van der Waals surface area contributed by atoms with E-state index in [2.05, 4.69) is 121 Å². The Kier molecular flexibility index (Phi) is 4.48. The van der Waals surface area contributed by atoms with Gasteiger partial charge in [0.2, 0.25) is 0 Å². The topological polar surface area (TPSA) is 25.8 Å². The van der Waals surface area contributed by atoms with Gasteiger partial charge in [-0.2, -0.15) is 0 Å². The van der Waals surface area contributed by atoms with E-state index in [1.54, 1.807) is 0 Å². The average Bonchev–Trinajstić information content (AvgIpc) is 3.56. The molecule has 40 heavy (non-hydrogen) atoms. The van der Waals surface area contributed by atoms with Gasteiger partial charge in [0.1, 0.15) is 0 Å². The zero-order valence-corrected chi connectivity index (χ0v) is 21.9. The molecular formula is C38H24N2. The van der Waals surface area contributed by atoms with Crippen LogP contribution in [0.15, 0.2) is 121 Å². The molecule has 2 nitrogen and oxygen atoms in total. The van der Waals surface area contributed by atoms with Crippen molar-refractivity contribution < 1.29 is 0 Å². The van der Waals surface area contributed by atoms with E-state index in [4.69, 9.17) is 9.97 Å². The van der Waals surface area contributed by atoms with Crippen LogP contribution in [0.25, 0.3) is 66.6 Å². The minimum atomic E-state index is 0.900. The van der Waals surface area contributed by atoms with Crippen LogP contribution in [0.2, 0.25) is 0 Å². The monoisotopic (exact) mass is 508 g/mol. The van der Waals surface area contributed by atoms with E-state index in [1.807, 2.05) is 0 Å². The van der Waals surface area contributed by atoms with Crippen molar-refractivity contribution in [1.82, 2.24) is 9.97 Å². The van der Waals surface area contributed by atoms with Crippen molar-refractivity contribution >= 4 is 21.8 Å². The highest BCUT2D eigenvalue weighted by Gasteiger charge is 2.28. The highest BCUT2D eigenvalue weighted by molar-refractivity contribution is 6.10. The number of pyridine rings is 2. The summed E-state index contributed by atoms with van der Waals surface area (Å²) in [5.41, 5.74) is 17.1. The third-order valence-electron chi connectivity index (χ3n) is 8.70. The molecule has 0 fully saturated rings. The maximum absolute atomic E-state index is 5.37. The van der Waals surface area contributed by atoms with Crippen molar-refractivity contribution in [3.8, 4) is 44.8 Å². The summed E-state index contributed by atoms with van der Waals surface area (Å²) in [7, 11) is 0. The molecule has 0 radical (unpaired) electrons. The van der Waals surface area contributed by atoms with Gasteiger partial charge in [0, 0.05) is 34.7 Å². The van der Waals surface area contributed by atoms with E-state index in [0.717, 1.165) is 35.3 Å². The minimum Gasteiger partial charge on any atom is -0.247 e. The van der Waals surface area contributed by atoms with Gasteiger partial charge in [-0.1, -0.05) is 109 Å². The zero-order valence-electron chi connectivity index (χ0n) is 21.9. The predicted molar refractivity (Wildman–Crippen MR) is 164 cm³/mol.